The summed E-state index contributed by atoms with van der Waals surface area (Å²) >= 11 is 0. The number of amides is 1. The van der Waals surface area contributed by atoms with Crippen molar-refractivity contribution in [2.24, 2.45) is 18.9 Å². The monoisotopic (exact) mass is 330 g/mol. The molecule has 0 radical (unpaired) electrons. The molecule has 1 unspecified atom stereocenters. The van der Waals surface area contributed by atoms with Crippen LogP contribution in [0.3, 0.4) is 0 Å². The van der Waals surface area contributed by atoms with Crippen molar-refractivity contribution in [3.05, 3.63) is 18.0 Å². The predicted octanol–water partition coefficient (Wildman–Crippen LogP) is 1.31. The summed E-state index contributed by atoms with van der Waals surface area (Å²) in [5.41, 5.74) is 1.14. The van der Waals surface area contributed by atoms with Gasteiger partial charge in [0.25, 0.3) is 0 Å². The van der Waals surface area contributed by atoms with Gasteiger partial charge >= 0.3 is 6.18 Å². The minimum absolute atomic E-state index is 0.0101. The van der Waals surface area contributed by atoms with E-state index in [9.17, 15) is 18.0 Å². The van der Waals surface area contributed by atoms with E-state index < -0.39 is 12.7 Å². The number of hydrogen-bond donors (Lipinski definition) is 0. The highest BCUT2D eigenvalue weighted by molar-refractivity contribution is 5.80. The second-order valence-corrected chi connectivity index (χ2v) is 6.60. The summed E-state index contributed by atoms with van der Waals surface area (Å²) in [7, 11) is 1.90. The molecule has 1 atom stereocenters. The quantitative estimate of drug-likeness (QED) is 0.836. The minimum atomic E-state index is -4.18. The molecule has 1 aromatic heterocycles. The Hall–Kier alpha value is -1.57. The summed E-state index contributed by atoms with van der Waals surface area (Å²) < 4.78 is 38.7. The fraction of sp³-hybridized carbons (Fsp3) is 0.733. The van der Waals surface area contributed by atoms with Gasteiger partial charge in [-0.25, -0.2) is 0 Å². The second-order valence-electron chi connectivity index (χ2n) is 6.60. The van der Waals surface area contributed by atoms with E-state index in [1.807, 2.05) is 22.7 Å². The fourth-order valence-electron chi connectivity index (χ4n) is 3.46. The zero-order valence-corrected chi connectivity index (χ0v) is 13.1. The van der Waals surface area contributed by atoms with Gasteiger partial charge in [0.15, 0.2) is 0 Å². The Balaban J connectivity index is 1.45. The van der Waals surface area contributed by atoms with E-state index in [0.717, 1.165) is 18.5 Å². The van der Waals surface area contributed by atoms with Crippen molar-refractivity contribution in [2.45, 2.75) is 19.0 Å². The molecular weight excluding hydrogens is 309 g/mol. The summed E-state index contributed by atoms with van der Waals surface area (Å²) in [5.74, 6) is 0.143. The van der Waals surface area contributed by atoms with E-state index in [4.69, 9.17) is 0 Å². The molecule has 5 nitrogen and oxygen atoms in total. The molecular formula is C15H21F3N4O. The van der Waals surface area contributed by atoms with Crippen LogP contribution >= 0.6 is 0 Å². The number of rotatable bonds is 4. The Labute approximate surface area is 133 Å². The molecule has 2 fully saturated rings. The highest BCUT2D eigenvalue weighted by Crippen LogP contribution is 2.27. The first-order valence-electron chi connectivity index (χ1n) is 7.86. The van der Waals surface area contributed by atoms with E-state index in [2.05, 4.69) is 5.10 Å². The third-order valence-electron chi connectivity index (χ3n) is 4.73. The molecule has 1 aromatic rings. The third-order valence-corrected chi connectivity index (χ3v) is 4.73. The number of nitrogens with zero attached hydrogens (tertiary/aromatic N) is 4. The largest absolute Gasteiger partial charge is 0.401 e. The standard InChI is InChI=1S/C15H21F3N4O/c1-20-13(2-4-19-20)6-11-3-5-22(7-11)14(23)12-8-21(9-12)10-15(16,17)18/h2,4,11-12H,3,5-10H2,1H3. The predicted molar refractivity (Wildman–Crippen MR) is 77.6 cm³/mol. The van der Waals surface area contributed by atoms with Crippen LogP contribution in [0, 0.1) is 11.8 Å². The first-order valence-corrected chi connectivity index (χ1v) is 7.86. The van der Waals surface area contributed by atoms with Gasteiger partial charge in [0.05, 0.1) is 12.5 Å². The number of aromatic nitrogens is 2. The SMILES string of the molecule is Cn1nccc1CC1CCN(C(=O)C2CN(CC(F)(F)F)C2)C1. The molecule has 0 saturated carbocycles. The number of hydrogen-bond acceptors (Lipinski definition) is 3. The van der Waals surface area contributed by atoms with Crippen molar-refractivity contribution in [3.8, 4) is 0 Å². The lowest BCUT2D eigenvalue weighted by molar-refractivity contribution is -0.166. The minimum Gasteiger partial charge on any atom is -0.342 e. The normalized spacial score (nSPS) is 23.3. The molecule has 0 aromatic carbocycles. The highest BCUT2D eigenvalue weighted by atomic mass is 19.4. The summed E-state index contributed by atoms with van der Waals surface area (Å²) in [6.45, 7) is 0.930. The van der Waals surface area contributed by atoms with Crippen LogP contribution < -0.4 is 0 Å². The van der Waals surface area contributed by atoms with Crippen molar-refractivity contribution >= 4 is 5.91 Å². The number of aryl methyl sites for hydroxylation is 1. The number of carbonyl (C=O) groups excluding carboxylic acids is 1. The molecule has 23 heavy (non-hydrogen) atoms. The van der Waals surface area contributed by atoms with E-state index in [-0.39, 0.29) is 24.9 Å². The lowest BCUT2D eigenvalue weighted by atomic mass is 9.98. The first-order chi connectivity index (χ1) is 10.8. The van der Waals surface area contributed by atoms with E-state index in [1.165, 1.54) is 4.90 Å². The van der Waals surface area contributed by atoms with Crippen LogP contribution in [0.1, 0.15) is 12.1 Å². The zero-order valence-electron chi connectivity index (χ0n) is 13.1. The molecule has 2 saturated heterocycles. The van der Waals surface area contributed by atoms with Gasteiger partial charge in [-0.05, 0) is 24.8 Å². The second kappa shape index (κ2) is 6.14. The van der Waals surface area contributed by atoms with Crippen LogP contribution in [0.2, 0.25) is 0 Å². The van der Waals surface area contributed by atoms with Gasteiger partial charge in [-0.2, -0.15) is 18.3 Å². The molecule has 1 amide bonds. The Bertz CT molecular complexity index is 565. The average Bonchev–Trinajstić information content (AvgIpc) is 3.02. The van der Waals surface area contributed by atoms with Crippen molar-refractivity contribution in [2.75, 3.05) is 32.7 Å². The first kappa shape index (κ1) is 16.3. The van der Waals surface area contributed by atoms with Gasteiger partial charge in [-0.15, -0.1) is 0 Å². The van der Waals surface area contributed by atoms with E-state index >= 15 is 0 Å². The van der Waals surface area contributed by atoms with Crippen LogP contribution in [0.5, 0.6) is 0 Å². The van der Waals surface area contributed by atoms with Gasteiger partial charge in [0.1, 0.15) is 0 Å². The Morgan fingerprint density at radius 1 is 1.35 bits per heavy atom. The average molecular weight is 330 g/mol. The maximum absolute atomic E-state index is 12.4. The molecule has 8 heteroatoms. The maximum Gasteiger partial charge on any atom is 0.401 e. The molecule has 3 heterocycles. The Morgan fingerprint density at radius 3 is 2.70 bits per heavy atom. The molecule has 0 aliphatic carbocycles. The fourth-order valence-corrected chi connectivity index (χ4v) is 3.46. The van der Waals surface area contributed by atoms with Gasteiger partial charge in [0.2, 0.25) is 5.91 Å². The lowest BCUT2D eigenvalue weighted by Gasteiger charge is -2.40. The number of alkyl halides is 3. The van der Waals surface area contributed by atoms with Crippen molar-refractivity contribution in [3.63, 3.8) is 0 Å². The molecule has 0 N–H and O–H groups in total. The third kappa shape index (κ3) is 3.85. The van der Waals surface area contributed by atoms with Gasteiger partial charge < -0.3 is 4.90 Å². The summed E-state index contributed by atoms with van der Waals surface area (Å²) in [4.78, 5) is 15.5. The van der Waals surface area contributed by atoms with Crippen LogP contribution in [-0.4, -0.2) is 64.4 Å². The van der Waals surface area contributed by atoms with Gasteiger partial charge in [0, 0.05) is 45.1 Å². The van der Waals surface area contributed by atoms with Crippen molar-refractivity contribution in [1.82, 2.24) is 19.6 Å². The van der Waals surface area contributed by atoms with Crippen LogP contribution in [0.25, 0.3) is 0 Å². The lowest BCUT2D eigenvalue weighted by Crippen LogP contribution is -2.56. The molecule has 3 rings (SSSR count). The summed E-state index contributed by atoms with van der Waals surface area (Å²) in [5, 5.41) is 4.14. The van der Waals surface area contributed by atoms with Crippen LogP contribution in [0.4, 0.5) is 13.2 Å². The Kier molecular flexibility index (Phi) is 4.35. The van der Waals surface area contributed by atoms with Gasteiger partial charge in [-0.1, -0.05) is 0 Å². The smallest absolute Gasteiger partial charge is 0.342 e. The van der Waals surface area contributed by atoms with E-state index in [1.54, 1.807) is 6.20 Å². The van der Waals surface area contributed by atoms with Crippen molar-refractivity contribution < 1.29 is 18.0 Å². The van der Waals surface area contributed by atoms with Crippen LogP contribution in [-0.2, 0) is 18.3 Å². The maximum atomic E-state index is 12.4. The van der Waals surface area contributed by atoms with E-state index in [0.29, 0.717) is 19.0 Å². The zero-order chi connectivity index (χ0) is 16.6. The molecule has 2 aliphatic rings. The highest BCUT2D eigenvalue weighted by Gasteiger charge is 2.42. The summed E-state index contributed by atoms with van der Waals surface area (Å²) in [6.07, 6.45) is -0.603. The van der Waals surface area contributed by atoms with Gasteiger partial charge in [-0.3, -0.25) is 14.4 Å². The Morgan fingerprint density at radius 2 is 2.09 bits per heavy atom. The number of likely N-dealkylation sites (tertiary alicyclic amines) is 2. The molecule has 2 aliphatic heterocycles. The van der Waals surface area contributed by atoms with Crippen molar-refractivity contribution in [1.29, 1.82) is 0 Å². The number of carbonyl (C=O) groups is 1. The van der Waals surface area contributed by atoms with Crippen LogP contribution in [0.15, 0.2) is 12.3 Å². The molecule has 0 bridgehead atoms. The topological polar surface area (TPSA) is 41.4 Å². The summed E-state index contributed by atoms with van der Waals surface area (Å²) in [6, 6.07) is 1.98. The molecule has 128 valence electrons. The molecule has 0 spiro atoms. The number of halogens is 3.